The van der Waals surface area contributed by atoms with Gasteiger partial charge in [0.05, 0.1) is 18.3 Å². The Balaban J connectivity index is 1.85. The standard InChI is InChI=1S/C19H29N5O/c1-15(2)18(13-20)23-9-11-24(12-10-23)19(25)14-22(4)16(3)17-7-5-6-8-21-17/h5-8,15-16,18H,9-12,14H2,1-4H3. The molecule has 1 aliphatic heterocycles. The first kappa shape index (κ1) is 19.4. The number of likely N-dealkylation sites (N-methyl/N-ethyl adjacent to an activating group) is 1. The Labute approximate surface area is 151 Å². The minimum absolute atomic E-state index is 0.0656. The van der Waals surface area contributed by atoms with Crippen LogP contribution in [-0.4, -0.2) is 71.4 Å². The summed E-state index contributed by atoms with van der Waals surface area (Å²) in [7, 11) is 1.96. The van der Waals surface area contributed by atoms with Gasteiger partial charge in [0.2, 0.25) is 5.91 Å². The highest BCUT2D eigenvalue weighted by atomic mass is 16.2. The van der Waals surface area contributed by atoms with Crippen LogP contribution in [0.2, 0.25) is 0 Å². The summed E-state index contributed by atoms with van der Waals surface area (Å²) < 4.78 is 0. The minimum Gasteiger partial charge on any atom is -0.339 e. The average molecular weight is 343 g/mol. The van der Waals surface area contributed by atoms with Crippen molar-refractivity contribution >= 4 is 5.91 Å². The maximum absolute atomic E-state index is 12.6. The molecule has 0 aromatic carbocycles. The minimum atomic E-state index is -0.0656. The van der Waals surface area contributed by atoms with Gasteiger partial charge in [0, 0.05) is 38.4 Å². The highest BCUT2D eigenvalue weighted by molar-refractivity contribution is 5.78. The van der Waals surface area contributed by atoms with E-state index < -0.39 is 0 Å². The number of nitriles is 1. The summed E-state index contributed by atoms with van der Waals surface area (Å²) in [5.41, 5.74) is 0.969. The zero-order chi connectivity index (χ0) is 18.4. The Morgan fingerprint density at radius 2 is 1.96 bits per heavy atom. The van der Waals surface area contributed by atoms with E-state index in [1.54, 1.807) is 6.20 Å². The van der Waals surface area contributed by atoms with Crippen LogP contribution < -0.4 is 0 Å². The van der Waals surface area contributed by atoms with Crippen LogP contribution in [0.1, 0.15) is 32.5 Å². The highest BCUT2D eigenvalue weighted by Gasteiger charge is 2.28. The molecule has 1 saturated heterocycles. The van der Waals surface area contributed by atoms with Crippen molar-refractivity contribution in [2.24, 2.45) is 5.92 Å². The van der Waals surface area contributed by atoms with E-state index in [1.165, 1.54) is 0 Å². The van der Waals surface area contributed by atoms with Crippen LogP contribution in [-0.2, 0) is 4.79 Å². The third kappa shape index (κ3) is 5.00. The van der Waals surface area contributed by atoms with Gasteiger partial charge in [-0.3, -0.25) is 19.6 Å². The van der Waals surface area contributed by atoms with E-state index in [9.17, 15) is 10.1 Å². The molecular formula is C19H29N5O. The largest absolute Gasteiger partial charge is 0.339 e. The normalized spacial score (nSPS) is 18.2. The molecule has 2 rings (SSSR count). The zero-order valence-corrected chi connectivity index (χ0v) is 15.7. The number of aromatic nitrogens is 1. The zero-order valence-electron chi connectivity index (χ0n) is 15.7. The summed E-state index contributed by atoms with van der Waals surface area (Å²) in [4.78, 5) is 23.1. The molecule has 6 heteroatoms. The van der Waals surface area contributed by atoms with Crippen LogP contribution in [0.5, 0.6) is 0 Å². The van der Waals surface area contributed by atoms with E-state index in [4.69, 9.17) is 0 Å². The van der Waals surface area contributed by atoms with Crippen LogP contribution in [0, 0.1) is 17.2 Å². The van der Waals surface area contributed by atoms with Gasteiger partial charge in [0.1, 0.15) is 6.04 Å². The van der Waals surface area contributed by atoms with Crippen molar-refractivity contribution < 1.29 is 4.79 Å². The smallest absolute Gasteiger partial charge is 0.236 e. The summed E-state index contributed by atoms with van der Waals surface area (Å²) in [6.45, 7) is 9.49. The molecule has 0 radical (unpaired) electrons. The van der Waals surface area contributed by atoms with E-state index in [-0.39, 0.29) is 18.0 Å². The van der Waals surface area contributed by atoms with Gasteiger partial charge in [-0.2, -0.15) is 5.26 Å². The third-order valence-corrected chi connectivity index (χ3v) is 4.99. The Morgan fingerprint density at radius 3 is 2.48 bits per heavy atom. The molecule has 2 heterocycles. The topological polar surface area (TPSA) is 63.5 Å². The summed E-state index contributed by atoms with van der Waals surface area (Å²) in [6, 6.07) is 8.26. The molecule has 6 nitrogen and oxygen atoms in total. The first-order chi connectivity index (χ1) is 11.9. The van der Waals surface area contributed by atoms with Crippen molar-refractivity contribution in [3.63, 3.8) is 0 Å². The second kappa shape index (κ2) is 8.93. The lowest BCUT2D eigenvalue weighted by molar-refractivity contribution is -0.134. The molecule has 1 aromatic heterocycles. The molecule has 0 saturated carbocycles. The van der Waals surface area contributed by atoms with Crippen LogP contribution in [0.15, 0.2) is 24.4 Å². The van der Waals surface area contributed by atoms with E-state index >= 15 is 0 Å². The van der Waals surface area contributed by atoms with Gasteiger partial charge in [-0.15, -0.1) is 0 Å². The fraction of sp³-hybridized carbons (Fsp3) is 0.632. The lowest BCUT2D eigenvalue weighted by Gasteiger charge is -2.38. The van der Waals surface area contributed by atoms with Gasteiger partial charge in [0.25, 0.3) is 0 Å². The predicted molar refractivity (Wildman–Crippen MR) is 97.7 cm³/mol. The highest BCUT2D eigenvalue weighted by Crippen LogP contribution is 2.17. The number of nitrogens with zero attached hydrogens (tertiary/aromatic N) is 5. The third-order valence-electron chi connectivity index (χ3n) is 4.99. The first-order valence-corrected chi connectivity index (χ1v) is 8.96. The number of rotatable bonds is 6. The molecule has 0 N–H and O–H groups in total. The fourth-order valence-corrected chi connectivity index (χ4v) is 3.20. The first-order valence-electron chi connectivity index (χ1n) is 8.96. The van der Waals surface area contributed by atoms with Crippen molar-refractivity contribution in [2.75, 3.05) is 39.8 Å². The number of hydrogen-bond donors (Lipinski definition) is 0. The molecule has 1 aliphatic rings. The van der Waals surface area contributed by atoms with Gasteiger partial charge < -0.3 is 4.90 Å². The van der Waals surface area contributed by atoms with Gasteiger partial charge in [-0.05, 0) is 32.0 Å². The van der Waals surface area contributed by atoms with Gasteiger partial charge in [-0.1, -0.05) is 19.9 Å². The van der Waals surface area contributed by atoms with Crippen LogP contribution in [0.4, 0.5) is 0 Å². The molecule has 0 aliphatic carbocycles. The maximum atomic E-state index is 12.6. The van der Waals surface area contributed by atoms with Crippen molar-refractivity contribution in [2.45, 2.75) is 32.9 Å². The molecule has 1 amide bonds. The SMILES string of the molecule is CC(C)C(C#N)N1CCN(C(=O)CN(C)C(C)c2ccccn2)CC1. The molecule has 1 aromatic rings. The Hall–Kier alpha value is -1.97. The summed E-state index contributed by atoms with van der Waals surface area (Å²) in [6.07, 6.45) is 1.78. The van der Waals surface area contributed by atoms with E-state index in [0.717, 1.165) is 18.8 Å². The molecule has 1 fully saturated rings. The quantitative estimate of drug-likeness (QED) is 0.788. The van der Waals surface area contributed by atoms with E-state index in [0.29, 0.717) is 25.6 Å². The van der Waals surface area contributed by atoms with Gasteiger partial charge in [-0.25, -0.2) is 0 Å². The molecule has 0 spiro atoms. The Bertz CT molecular complexity index is 590. The molecule has 25 heavy (non-hydrogen) atoms. The lowest BCUT2D eigenvalue weighted by atomic mass is 10.0. The lowest BCUT2D eigenvalue weighted by Crippen LogP contribution is -2.54. The molecule has 2 unspecified atom stereocenters. The van der Waals surface area contributed by atoms with Crippen molar-refractivity contribution in [3.8, 4) is 6.07 Å². The second-order valence-corrected chi connectivity index (χ2v) is 7.08. The van der Waals surface area contributed by atoms with Gasteiger partial charge >= 0.3 is 0 Å². The van der Waals surface area contributed by atoms with E-state index in [1.807, 2.05) is 35.0 Å². The average Bonchev–Trinajstić information content (AvgIpc) is 2.62. The number of carbonyl (C=O) groups excluding carboxylic acids is 1. The molecule has 136 valence electrons. The summed E-state index contributed by atoms with van der Waals surface area (Å²) in [5.74, 6) is 0.445. The van der Waals surface area contributed by atoms with Crippen molar-refractivity contribution in [1.29, 1.82) is 5.26 Å². The maximum Gasteiger partial charge on any atom is 0.236 e. The van der Waals surface area contributed by atoms with Gasteiger partial charge in [0.15, 0.2) is 0 Å². The summed E-state index contributed by atoms with van der Waals surface area (Å²) in [5, 5.41) is 9.33. The molecular weight excluding hydrogens is 314 g/mol. The number of amides is 1. The number of piperazine rings is 1. The van der Waals surface area contributed by atoms with Crippen molar-refractivity contribution in [3.05, 3.63) is 30.1 Å². The molecule has 0 bridgehead atoms. The van der Waals surface area contributed by atoms with Crippen molar-refractivity contribution in [1.82, 2.24) is 19.7 Å². The fourth-order valence-electron chi connectivity index (χ4n) is 3.20. The monoisotopic (exact) mass is 343 g/mol. The summed E-state index contributed by atoms with van der Waals surface area (Å²) >= 11 is 0. The Kier molecular flexibility index (Phi) is 6.91. The number of carbonyl (C=O) groups is 1. The van der Waals surface area contributed by atoms with Crippen LogP contribution >= 0.6 is 0 Å². The predicted octanol–water partition coefficient (Wildman–Crippen LogP) is 1.77. The van der Waals surface area contributed by atoms with Crippen LogP contribution in [0.3, 0.4) is 0 Å². The number of pyridine rings is 1. The second-order valence-electron chi connectivity index (χ2n) is 7.08. The van der Waals surface area contributed by atoms with Crippen LogP contribution in [0.25, 0.3) is 0 Å². The number of hydrogen-bond acceptors (Lipinski definition) is 5. The Morgan fingerprint density at radius 1 is 1.28 bits per heavy atom. The molecule has 2 atom stereocenters. The van der Waals surface area contributed by atoms with E-state index in [2.05, 4.69) is 36.7 Å².